The highest BCUT2D eigenvalue weighted by Gasteiger charge is 2.55. The number of nitrogens with one attached hydrogen (secondary N) is 1. The van der Waals surface area contributed by atoms with E-state index in [9.17, 15) is 9.32 Å². The number of anilines is 2. The van der Waals surface area contributed by atoms with Gasteiger partial charge in [0, 0.05) is 42.6 Å². The van der Waals surface area contributed by atoms with Crippen molar-refractivity contribution in [2.75, 3.05) is 35.7 Å². The monoisotopic (exact) mass is 500 g/mol. The van der Waals surface area contributed by atoms with E-state index in [1.807, 2.05) is 0 Å². The Bertz CT molecular complexity index is 1150. The molecular formula is C24H29ClN6O2S. The van der Waals surface area contributed by atoms with Crippen LogP contribution in [0.25, 0.3) is 0 Å². The Balaban J connectivity index is 1.16. The fraction of sp³-hybridized carbons (Fsp3) is 0.667. The van der Waals surface area contributed by atoms with Gasteiger partial charge in [-0.15, -0.1) is 0 Å². The molecule has 1 saturated heterocycles. The van der Waals surface area contributed by atoms with Crippen LogP contribution < -0.4 is 10.2 Å². The zero-order valence-corrected chi connectivity index (χ0v) is 20.6. The molecule has 0 bridgehead atoms. The molecule has 8 nitrogen and oxygen atoms in total. The van der Waals surface area contributed by atoms with Crippen LogP contribution in [0.1, 0.15) is 62.4 Å². The van der Waals surface area contributed by atoms with Gasteiger partial charge in [-0.25, -0.2) is 15.0 Å². The molecule has 0 amide bonds. The Morgan fingerprint density at radius 3 is 2.41 bits per heavy atom. The van der Waals surface area contributed by atoms with Crippen LogP contribution in [-0.4, -0.2) is 60.2 Å². The Morgan fingerprint density at radius 2 is 1.82 bits per heavy atom. The van der Waals surface area contributed by atoms with Gasteiger partial charge in [-0.05, 0) is 56.8 Å². The van der Waals surface area contributed by atoms with Gasteiger partial charge in [0.15, 0.2) is 0 Å². The zero-order valence-electron chi connectivity index (χ0n) is 19.0. The van der Waals surface area contributed by atoms with E-state index in [2.05, 4.69) is 20.2 Å². The van der Waals surface area contributed by atoms with Gasteiger partial charge in [-0.3, -0.25) is 4.21 Å². The van der Waals surface area contributed by atoms with Crippen molar-refractivity contribution < 1.29 is 9.32 Å². The Morgan fingerprint density at radius 1 is 1.12 bits per heavy atom. The number of halogens is 1. The fourth-order valence-electron chi connectivity index (χ4n) is 6.55. The van der Waals surface area contributed by atoms with Crippen LogP contribution in [0, 0.1) is 11.8 Å². The van der Waals surface area contributed by atoms with E-state index in [4.69, 9.17) is 21.6 Å². The van der Waals surface area contributed by atoms with E-state index in [0.717, 1.165) is 80.4 Å². The molecule has 7 rings (SSSR count). The molecule has 2 aliphatic heterocycles. The van der Waals surface area contributed by atoms with Crippen molar-refractivity contribution in [3.63, 3.8) is 0 Å². The van der Waals surface area contributed by atoms with Crippen LogP contribution in [0.15, 0.2) is 17.3 Å². The van der Waals surface area contributed by atoms with Gasteiger partial charge in [0.05, 0.1) is 33.7 Å². The highest BCUT2D eigenvalue weighted by molar-refractivity contribution is 7.85. The predicted octanol–water partition coefficient (Wildman–Crippen LogP) is 3.03. The van der Waals surface area contributed by atoms with Gasteiger partial charge in [0.2, 0.25) is 5.95 Å². The number of aliphatic hydroxyl groups is 1. The highest BCUT2D eigenvalue weighted by Crippen LogP contribution is 2.56. The summed E-state index contributed by atoms with van der Waals surface area (Å²) in [6, 6.07) is 0. The van der Waals surface area contributed by atoms with Crippen LogP contribution >= 0.6 is 11.6 Å². The first-order chi connectivity index (χ1) is 16.5. The minimum absolute atomic E-state index is 0.0209. The van der Waals surface area contributed by atoms with Crippen LogP contribution in [-0.2, 0) is 16.2 Å². The summed E-state index contributed by atoms with van der Waals surface area (Å²) in [7, 11) is -1.08. The first-order valence-corrected chi connectivity index (χ1v) is 14.1. The lowest BCUT2D eigenvalue weighted by molar-refractivity contribution is 0.143. The first kappa shape index (κ1) is 21.4. The number of rotatable bonds is 5. The molecule has 2 N–H and O–H groups in total. The third-order valence-corrected chi connectivity index (χ3v) is 10.7. The van der Waals surface area contributed by atoms with Crippen LogP contribution in [0.2, 0.25) is 5.02 Å². The first-order valence-electron chi connectivity index (χ1n) is 12.4. The molecule has 2 aromatic heterocycles. The van der Waals surface area contributed by atoms with Crippen LogP contribution in [0.4, 0.5) is 11.8 Å². The largest absolute Gasteiger partial charge is 0.394 e. The number of hydrogen-bond donors (Lipinski definition) is 2. The Kier molecular flexibility index (Phi) is 4.78. The molecule has 3 aliphatic carbocycles. The smallest absolute Gasteiger partial charge is 0.227 e. The maximum Gasteiger partial charge on any atom is 0.227 e. The molecule has 3 saturated carbocycles. The molecule has 5 aliphatic rings. The third kappa shape index (κ3) is 3.30. The van der Waals surface area contributed by atoms with Crippen molar-refractivity contribution >= 4 is 34.2 Å². The average Bonchev–Trinajstić information content (AvgIpc) is 3.16. The number of nitrogens with zero attached hydrogens (tertiary/aromatic N) is 5. The molecule has 3 atom stereocenters. The third-order valence-electron chi connectivity index (χ3n) is 8.88. The number of hydrogen-bond acceptors (Lipinski definition) is 8. The fourth-order valence-corrected chi connectivity index (χ4v) is 8.51. The summed E-state index contributed by atoms with van der Waals surface area (Å²) < 4.78 is 13.1. The van der Waals surface area contributed by atoms with Gasteiger partial charge < -0.3 is 15.3 Å². The standard InChI is InChI=1S/C24H29ClN6O2S/c25-17-8-26-20(27-9-17)14-6-15-10-31(11-16(15)7-14)22-28-19-18(34(33)13-23(19)4-5-23)21(29-22)30-24(12-32)2-1-3-24/h8-9,14-16,32H,1-7,10-13H2,(H,28,29,30). The summed E-state index contributed by atoms with van der Waals surface area (Å²) in [6.45, 7) is 1.92. The summed E-state index contributed by atoms with van der Waals surface area (Å²) in [5.74, 6) is 4.53. The molecule has 3 unspecified atom stereocenters. The molecule has 2 aromatic rings. The van der Waals surface area contributed by atoms with Crippen molar-refractivity contribution in [2.45, 2.75) is 66.7 Å². The minimum Gasteiger partial charge on any atom is -0.394 e. The lowest BCUT2D eigenvalue weighted by atomic mass is 9.77. The molecule has 4 heterocycles. The average molecular weight is 501 g/mol. The number of aliphatic hydroxyl groups excluding tert-OH is 1. The highest BCUT2D eigenvalue weighted by atomic mass is 35.5. The molecular weight excluding hydrogens is 472 g/mol. The summed E-state index contributed by atoms with van der Waals surface area (Å²) >= 11 is 5.97. The van der Waals surface area contributed by atoms with Gasteiger partial charge in [-0.2, -0.15) is 4.98 Å². The van der Waals surface area contributed by atoms with E-state index < -0.39 is 10.8 Å². The SMILES string of the molecule is O=S1CC2(CC2)c2nc(N3CC4CC(c5ncc(Cl)cn5)CC4C3)nc(NC3(CO)CCC3)c21. The number of aromatic nitrogens is 4. The summed E-state index contributed by atoms with van der Waals surface area (Å²) in [6.07, 6.45) is 10.6. The molecule has 10 heteroatoms. The predicted molar refractivity (Wildman–Crippen MR) is 130 cm³/mol. The topological polar surface area (TPSA) is 104 Å². The van der Waals surface area contributed by atoms with E-state index in [0.29, 0.717) is 34.3 Å². The van der Waals surface area contributed by atoms with E-state index >= 15 is 0 Å². The minimum atomic E-state index is -1.08. The maximum atomic E-state index is 13.1. The van der Waals surface area contributed by atoms with Crippen molar-refractivity contribution in [1.29, 1.82) is 0 Å². The maximum absolute atomic E-state index is 13.1. The lowest BCUT2D eigenvalue weighted by Gasteiger charge is -2.41. The number of fused-ring (bicyclic) bond motifs is 3. The molecule has 0 aromatic carbocycles. The van der Waals surface area contributed by atoms with Crippen LogP contribution in [0.3, 0.4) is 0 Å². The summed E-state index contributed by atoms with van der Waals surface area (Å²) in [5.41, 5.74) is 0.638. The van der Waals surface area contributed by atoms with E-state index in [-0.39, 0.29) is 17.6 Å². The summed E-state index contributed by atoms with van der Waals surface area (Å²) in [5, 5.41) is 14.2. The zero-order chi connectivity index (χ0) is 23.1. The van der Waals surface area contributed by atoms with Crippen LogP contribution in [0.5, 0.6) is 0 Å². The van der Waals surface area contributed by atoms with Crippen molar-refractivity contribution in [3.05, 3.63) is 28.9 Å². The van der Waals surface area contributed by atoms with Crippen molar-refractivity contribution in [3.8, 4) is 0 Å². The second kappa shape index (κ2) is 7.58. The van der Waals surface area contributed by atoms with Gasteiger partial charge in [-0.1, -0.05) is 11.6 Å². The quantitative estimate of drug-likeness (QED) is 0.645. The lowest BCUT2D eigenvalue weighted by Crippen LogP contribution is -2.48. The second-order valence-electron chi connectivity index (χ2n) is 11.1. The van der Waals surface area contributed by atoms with Crippen molar-refractivity contribution in [2.24, 2.45) is 11.8 Å². The Hall–Kier alpha value is -1.84. The van der Waals surface area contributed by atoms with Gasteiger partial charge >= 0.3 is 0 Å². The summed E-state index contributed by atoms with van der Waals surface area (Å²) in [4.78, 5) is 22.1. The van der Waals surface area contributed by atoms with Crippen molar-refractivity contribution in [1.82, 2.24) is 19.9 Å². The van der Waals surface area contributed by atoms with Gasteiger partial charge in [0.1, 0.15) is 16.5 Å². The molecule has 0 radical (unpaired) electrons. The Labute approximate surface area is 206 Å². The van der Waals surface area contributed by atoms with Gasteiger partial charge in [0.25, 0.3) is 0 Å². The second-order valence-corrected chi connectivity index (χ2v) is 12.9. The molecule has 4 fully saturated rings. The van der Waals surface area contributed by atoms with E-state index in [1.54, 1.807) is 12.4 Å². The molecule has 1 spiro atoms. The molecule has 34 heavy (non-hydrogen) atoms. The normalized spacial score (nSPS) is 31.9. The molecule has 180 valence electrons. The van der Waals surface area contributed by atoms with E-state index in [1.165, 1.54) is 0 Å².